The SMILES string of the molecule is CCOc1ccc(-c2nc(CSc3nnc(-c4ccccc4C)n3CC)cs2)cc1. The number of thioether (sulfide) groups is 1. The summed E-state index contributed by atoms with van der Waals surface area (Å²) in [5, 5.41) is 13.0. The summed E-state index contributed by atoms with van der Waals surface area (Å²) in [6, 6.07) is 16.4. The molecule has 4 rings (SSSR count). The third-order valence-electron chi connectivity index (χ3n) is 4.73. The molecule has 0 aliphatic rings. The van der Waals surface area contributed by atoms with Crippen LogP contribution in [0.25, 0.3) is 22.0 Å². The van der Waals surface area contributed by atoms with Gasteiger partial charge in [0.05, 0.1) is 12.3 Å². The second-order valence-corrected chi connectivity index (χ2v) is 8.56. The van der Waals surface area contributed by atoms with Gasteiger partial charge in [-0.1, -0.05) is 36.0 Å². The van der Waals surface area contributed by atoms with Crippen LogP contribution in [0.15, 0.2) is 59.1 Å². The van der Waals surface area contributed by atoms with Gasteiger partial charge in [0.15, 0.2) is 11.0 Å². The number of benzene rings is 2. The molecule has 0 unspecified atom stereocenters. The molecule has 7 heteroatoms. The van der Waals surface area contributed by atoms with Crippen molar-refractivity contribution < 1.29 is 4.74 Å². The van der Waals surface area contributed by atoms with E-state index in [0.29, 0.717) is 6.61 Å². The van der Waals surface area contributed by atoms with Crippen LogP contribution in [0.2, 0.25) is 0 Å². The van der Waals surface area contributed by atoms with Crippen LogP contribution in [0.3, 0.4) is 0 Å². The Morgan fingerprint density at radius 1 is 1.03 bits per heavy atom. The van der Waals surface area contributed by atoms with Crippen molar-refractivity contribution in [1.82, 2.24) is 19.7 Å². The molecule has 0 radical (unpaired) electrons. The van der Waals surface area contributed by atoms with Gasteiger partial charge in [-0.3, -0.25) is 0 Å². The molecule has 0 spiro atoms. The van der Waals surface area contributed by atoms with Crippen LogP contribution in [0.4, 0.5) is 0 Å². The highest BCUT2D eigenvalue weighted by molar-refractivity contribution is 7.98. The molecule has 30 heavy (non-hydrogen) atoms. The molecular formula is C23H24N4OS2. The van der Waals surface area contributed by atoms with Gasteiger partial charge in [-0.25, -0.2) is 4.98 Å². The molecule has 0 aliphatic carbocycles. The van der Waals surface area contributed by atoms with Gasteiger partial charge in [0.25, 0.3) is 0 Å². The Hall–Kier alpha value is -2.64. The number of rotatable bonds is 8. The summed E-state index contributed by atoms with van der Waals surface area (Å²) in [4.78, 5) is 4.81. The fourth-order valence-electron chi connectivity index (χ4n) is 3.21. The number of ether oxygens (including phenoxy) is 1. The molecule has 0 aliphatic heterocycles. The van der Waals surface area contributed by atoms with Crippen LogP contribution in [0, 0.1) is 6.92 Å². The highest BCUT2D eigenvalue weighted by atomic mass is 32.2. The van der Waals surface area contributed by atoms with Crippen molar-refractivity contribution in [1.29, 1.82) is 0 Å². The Kier molecular flexibility index (Phi) is 6.50. The molecule has 0 saturated heterocycles. The minimum absolute atomic E-state index is 0.673. The van der Waals surface area contributed by atoms with Crippen molar-refractivity contribution in [2.75, 3.05) is 6.61 Å². The minimum atomic E-state index is 0.673. The molecular weight excluding hydrogens is 412 g/mol. The van der Waals surface area contributed by atoms with E-state index in [1.807, 2.05) is 31.2 Å². The lowest BCUT2D eigenvalue weighted by Gasteiger charge is -2.08. The molecule has 2 aromatic heterocycles. The maximum absolute atomic E-state index is 5.52. The molecule has 2 aromatic carbocycles. The smallest absolute Gasteiger partial charge is 0.191 e. The Balaban J connectivity index is 1.47. The van der Waals surface area contributed by atoms with Gasteiger partial charge in [-0.2, -0.15) is 0 Å². The number of hydrogen-bond acceptors (Lipinski definition) is 6. The molecule has 0 saturated carbocycles. The minimum Gasteiger partial charge on any atom is -0.494 e. The van der Waals surface area contributed by atoms with Gasteiger partial charge in [0.2, 0.25) is 0 Å². The summed E-state index contributed by atoms with van der Waals surface area (Å²) in [5.74, 6) is 2.57. The van der Waals surface area contributed by atoms with E-state index in [9.17, 15) is 0 Å². The Morgan fingerprint density at radius 3 is 2.57 bits per heavy atom. The van der Waals surface area contributed by atoms with Gasteiger partial charge in [-0.15, -0.1) is 21.5 Å². The van der Waals surface area contributed by atoms with Crippen LogP contribution in [0.5, 0.6) is 5.75 Å². The molecule has 0 atom stereocenters. The van der Waals surface area contributed by atoms with E-state index in [1.165, 1.54) is 5.56 Å². The quantitative estimate of drug-likeness (QED) is 0.313. The van der Waals surface area contributed by atoms with Crippen LogP contribution in [-0.4, -0.2) is 26.4 Å². The summed E-state index contributed by atoms with van der Waals surface area (Å²) in [7, 11) is 0. The van der Waals surface area contributed by atoms with E-state index < -0.39 is 0 Å². The maximum Gasteiger partial charge on any atom is 0.191 e. The van der Waals surface area contributed by atoms with Crippen molar-refractivity contribution >= 4 is 23.1 Å². The second kappa shape index (κ2) is 9.45. The number of nitrogens with zero attached hydrogens (tertiary/aromatic N) is 4. The highest BCUT2D eigenvalue weighted by Gasteiger charge is 2.15. The first-order valence-corrected chi connectivity index (χ1v) is 11.9. The van der Waals surface area contributed by atoms with E-state index in [1.54, 1.807) is 23.1 Å². The van der Waals surface area contributed by atoms with Crippen LogP contribution in [0.1, 0.15) is 25.1 Å². The zero-order valence-corrected chi connectivity index (χ0v) is 19.0. The van der Waals surface area contributed by atoms with E-state index in [-0.39, 0.29) is 0 Å². The average Bonchev–Trinajstić information content (AvgIpc) is 3.40. The molecule has 2 heterocycles. The lowest BCUT2D eigenvalue weighted by Crippen LogP contribution is -2.00. The molecule has 4 aromatic rings. The molecule has 0 bridgehead atoms. The molecule has 0 amide bonds. The zero-order valence-electron chi connectivity index (χ0n) is 17.3. The van der Waals surface area contributed by atoms with Crippen LogP contribution >= 0.6 is 23.1 Å². The summed E-state index contributed by atoms with van der Waals surface area (Å²) in [6.45, 7) is 7.72. The molecule has 5 nitrogen and oxygen atoms in total. The average molecular weight is 437 g/mol. The van der Waals surface area contributed by atoms with Crippen LogP contribution < -0.4 is 4.74 Å². The zero-order chi connectivity index (χ0) is 20.9. The number of thiazole rings is 1. The Morgan fingerprint density at radius 2 is 1.83 bits per heavy atom. The van der Waals surface area contributed by atoms with Gasteiger partial charge in [0, 0.05) is 28.8 Å². The summed E-state index contributed by atoms with van der Waals surface area (Å²) in [5.41, 5.74) is 4.50. The van der Waals surface area contributed by atoms with Crippen molar-refractivity contribution in [2.45, 2.75) is 38.2 Å². The number of aryl methyl sites for hydroxylation is 1. The largest absolute Gasteiger partial charge is 0.494 e. The van der Waals surface area contributed by atoms with Crippen molar-refractivity contribution in [3.8, 4) is 27.7 Å². The third-order valence-corrected chi connectivity index (χ3v) is 6.67. The Labute approximate surface area is 185 Å². The summed E-state index contributed by atoms with van der Waals surface area (Å²) >= 11 is 3.34. The second-order valence-electron chi connectivity index (χ2n) is 6.76. The Bertz CT molecular complexity index is 1120. The standard InChI is InChI=1S/C23H24N4OS2/c1-4-27-21(20-9-7-6-8-16(20)3)25-26-23(27)30-15-18-14-29-22(24-18)17-10-12-19(13-11-17)28-5-2/h6-14H,4-5,15H2,1-3H3. The lowest BCUT2D eigenvalue weighted by molar-refractivity contribution is 0.340. The van der Waals surface area contributed by atoms with Gasteiger partial charge < -0.3 is 9.30 Å². The van der Waals surface area contributed by atoms with Gasteiger partial charge >= 0.3 is 0 Å². The fraction of sp³-hybridized carbons (Fsp3) is 0.261. The number of aromatic nitrogens is 4. The van der Waals surface area contributed by atoms with E-state index in [2.05, 4.69) is 58.3 Å². The van der Waals surface area contributed by atoms with Crippen molar-refractivity contribution in [2.24, 2.45) is 0 Å². The van der Waals surface area contributed by atoms with Gasteiger partial charge in [0.1, 0.15) is 10.8 Å². The van der Waals surface area contributed by atoms with Crippen molar-refractivity contribution in [3.63, 3.8) is 0 Å². The molecule has 154 valence electrons. The van der Waals surface area contributed by atoms with E-state index >= 15 is 0 Å². The predicted octanol–water partition coefficient (Wildman–Crippen LogP) is 6.09. The maximum atomic E-state index is 5.52. The van der Waals surface area contributed by atoms with E-state index in [4.69, 9.17) is 9.72 Å². The first-order valence-electron chi connectivity index (χ1n) is 9.99. The third kappa shape index (κ3) is 4.42. The highest BCUT2D eigenvalue weighted by Crippen LogP contribution is 2.30. The first-order chi connectivity index (χ1) is 14.7. The summed E-state index contributed by atoms with van der Waals surface area (Å²) < 4.78 is 7.69. The topological polar surface area (TPSA) is 52.8 Å². The molecule has 0 fully saturated rings. The fourth-order valence-corrected chi connectivity index (χ4v) is 5.03. The van der Waals surface area contributed by atoms with Crippen LogP contribution in [-0.2, 0) is 12.3 Å². The van der Waals surface area contributed by atoms with E-state index in [0.717, 1.165) is 50.9 Å². The first kappa shape index (κ1) is 20.6. The number of hydrogen-bond donors (Lipinski definition) is 0. The van der Waals surface area contributed by atoms with Crippen molar-refractivity contribution in [3.05, 3.63) is 65.2 Å². The molecule has 0 N–H and O–H groups in total. The normalized spacial score (nSPS) is 11.0. The lowest BCUT2D eigenvalue weighted by atomic mass is 10.1. The van der Waals surface area contributed by atoms with Gasteiger partial charge in [-0.05, 0) is 50.6 Å². The monoisotopic (exact) mass is 436 g/mol. The predicted molar refractivity (Wildman–Crippen MR) is 124 cm³/mol. The summed E-state index contributed by atoms with van der Waals surface area (Å²) in [6.07, 6.45) is 0.